The number of likely N-dealkylation sites (tertiary alicyclic amines) is 1. The fourth-order valence-corrected chi connectivity index (χ4v) is 3.86. The molecule has 1 aromatic heterocycles. The van der Waals surface area contributed by atoms with E-state index in [0.29, 0.717) is 19.4 Å². The van der Waals surface area contributed by atoms with Gasteiger partial charge in [0.1, 0.15) is 6.04 Å². The van der Waals surface area contributed by atoms with Gasteiger partial charge in [-0.05, 0) is 35.9 Å². The lowest BCUT2D eigenvalue weighted by Crippen LogP contribution is -2.44. The highest BCUT2D eigenvalue weighted by Gasteiger charge is 2.41. The van der Waals surface area contributed by atoms with Crippen molar-refractivity contribution < 1.29 is 14.3 Å². The third-order valence-electron chi connectivity index (χ3n) is 4.11. The van der Waals surface area contributed by atoms with Crippen LogP contribution in [0, 0.1) is 5.92 Å². The van der Waals surface area contributed by atoms with Crippen molar-refractivity contribution in [3.63, 3.8) is 0 Å². The van der Waals surface area contributed by atoms with E-state index in [1.165, 1.54) is 17.6 Å². The molecule has 21 heavy (non-hydrogen) atoms. The summed E-state index contributed by atoms with van der Waals surface area (Å²) in [4.78, 5) is 27.3. The van der Waals surface area contributed by atoms with Gasteiger partial charge in [-0.3, -0.25) is 4.79 Å². The summed E-state index contributed by atoms with van der Waals surface area (Å²) in [7, 11) is 1.34. The van der Waals surface area contributed by atoms with Crippen LogP contribution in [0.3, 0.4) is 0 Å². The Morgan fingerprint density at radius 2 is 2.29 bits per heavy atom. The number of carbonyl (C=O) groups excluding carboxylic acids is 2. The van der Waals surface area contributed by atoms with Crippen LogP contribution < -0.4 is 5.73 Å². The first-order valence-electron chi connectivity index (χ1n) is 6.98. The number of hydrogen-bond donors (Lipinski definition) is 1. The Kier molecular flexibility index (Phi) is 3.82. The molecule has 2 heterocycles. The Morgan fingerprint density at radius 1 is 1.48 bits per heavy atom. The van der Waals surface area contributed by atoms with Crippen molar-refractivity contribution in [2.75, 3.05) is 13.7 Å². The molecule has 0 bridgehead atoms. The molecular weight excluding hydrogens is 288 g/mol. The minimum absolute atomic E-state index is 0.0357. The van der Waals surface area contributed by atoms with Gasteiger partial charge in [-0.1, -0.05) is 6.08 Å². The summed E-state index contributed by atoms with van der Waals surface area (Å²) in [5.74, 6) is -0.636. The highest BCUT2D eigenvalue weighted by molar-refractivity contribution is 7.11. The van der Waals surface area contributed by atoms with Crippen LogP contribution >= 0.6 is 11.3 Å². The monoisotopic (exact) mass is 306 g/mol. The fourth-order valence-electron chi connectivity index (χ4n) is 3.02. The second-order valence-electron chi connectivity index (χ2n) is 5.51. The molecule has 0 radical (unpaired) electrons. The maximum absolute atomic E-state index is 12.7. The first-order valence-corrected chi connectivity index (χ1v) is 7.86. The number of fused-ring (bicyclic) bond motifs is 1. The Balaban J connectivity index is 1.77. The Bertz CT molecular complexity index is 595. The van der Waals surface area contributed by atoms with Crippen LogP contribution in [0.1, 0.15) is 16.9 Å². The summed E-state index contributed by atoms with van der Waals surface area (Å²) in [6, 6.07) is 1.34. The average Bonchev–Trinajstić information content (AvgIpc) is 3.10. The molecule has 1 fully saturated rings. The Labute approximate surface area is 127 Å². The van der Waals surface area contributed by atoms with Gasteiger partial charge in [-0.25, -0.2) is 4.79 Å². The van der Waals surface area contributed by atoms with E-state index in [-0.39, 0.29) is 23.8 Å². The highest BCUT2D eigenvalue weighted by Crippen LogP contribution is 2.30. The maximum Gasteiger partial charge on any atom is 0.328 e. The molecule has 1 aliphatic carbocycles. The smallest absolute Gasteiger partial charge is 0.328 e. The number of rotatable bonds is 2. The normalized spacial score (nSPS) is 27.5. The summed E-state index contributed by atoms with van der Waals surface area (Å²) in [6.07, 6.45) is 5.08. The molecule has 0 saturated carbocycles. The first-order chi connectivity index (χ1) is 10.1. The van der Waals surface area contributed by atoms with Crippen LogP contribution in [0.15, 0.2) is 17.5 Å². The molecule has 0 aromatic carbocycles. The second-order valence-corrected chi connectivity index (χ2v) is 6.45. The van der Waals surface area contributed by atoms with Gasteiger partial charge in [0.15, 0.2) is 0 Å². The molecule has 1 aromatic rings. The van der Waals surface area contributed by atoms with Crippen LogP contribution in [0.4, 0.5) is 0 Å². The molecule has 3 rings (SSSR count). The third kappa shape index (κ3) is 2.61. The Morgan fingerprint density at radius 3 is 3.05 bits per heavy atom. The molecule has 1 amide bonds. The first kappa shape index (κ1) is 14.3. The van der Waals surface area contributed by atoms with E-state index in [9.17, 15) is 9.59 Å². The number of hydrogen-bond acceptors (Lipinski definition) is 5. The van der Waals surface area contributed by atoms with E-state index in [2.05, 4.69) is 6.07 Å². The van der Waals surface area contributed by atoms with Crippen molar-refractivity contribution >= 4 is 29.3 Å². The van der Waals surface area contributed by atoms with Gasteiger partial charge < -0.3 is 15.4 Å². The number of methoxy groups -OCH3 is 1. The summed E-state index contributed by atoms with van der Waals surface area (Å²) < 4.78 is 4.79. The van der Waals surface area contributed by atoms with Gasteiger partial charge in [0.25, 0.3) is 0 Å². The number of nitrogens with two attached hydrogens (primary N) is 1. The predicted octanol–water partition coefficient (Wildman–Crippen LogP) is 1.03. The van der Waals surface area contributed by atoms with Gasteiger partial charge in [-0.15, -0.1) is 11.3 Å². The quantitative estimate of drug-likeness (QED) is 0.829. The lowest BCUT2D eigenvalue weighted by molar-refractivity contribution is -0.151. The lowest BCUT2D eigenvalue weighted by Gasteiger charge is -2.27. The summed E-state index contributed by atoms with van der Waals surface area (Å²) in [6.45, 7) is 0.416. The maximum atomic E-state index is 12.7. The van der Waals surface area contributed by atoms with Crippen molar-refractivity contribution in [1.29, 1.82) is 0 Å². The topological polar surface area (TPSA) is 72.6 Å². The number of amides is 1. The highest BCUT2D eigenvalue weighted by atomic mass is 32.1. The molecular formula is C15H18N2O3S. The van der Waals surface area contributed by atoms with Crippen LogP contribution in [-0.4, -0.2) is 42.5 Å². The van der Waals surface area contributed by atoms with Gasteiger partial charge in [0.05, 0.1) is 13.0 Å². The molecule has 0 spiro atoms. The third-order valence-corrected chi connectivity index (χ3v) is 5.03. The molecule has 112 valence electrons. The predicted molar refractivity (Wildman–Crippen MR) is 80.7 cm³/mol. The van der Waals surface area contributed by atoms with E-state index in [4.69, 9.17) is 10.5 Å². The van der Waals surface area contributed by atoms with Gasteiger partial charge >= 0.3 is 5.97 Å². The van der Waals surface area contributed by atoms with Crippen molar-refractivity contribution in [1.82, 2.24) is 4.90 Å². The zero-order valence-corrected chi connectivity index (χ0v) is 12.6. The molecule has 2 aliphatic rings. The van der Waals surface area contributed by atoms with E-state index in [1.807, 2.05) is 17.5 Å². The lowest BCUT2D eigenvalue weighted by atomic mass is 9.93. The van der Waals surface area contributed by atoms with Gasteiger partial charge in [0.2, 0.25) is 5.91 Å². The van der Waals surface area contributed by atoms with Gasteiger partial charge in [0, 0.05) is 17.5 Å². The molecule has 1 aliphatic heterocycles. The largest absolute Gasteiger partial charge is 0.467 e. The second kappa shape index (κ2) is 5.61. The summed E-state index contributed by atoms with van der Waals surface area (Å²) in [5, 5.41) is 2.03. The van der Waals surface area contributed by atoms with Crippen molar-refractivity contribution in [3.8, 4) is 0 Å². The van der Waals surface area contributed by atoms with E-state index >= 15 is 0 Å². The fraction of sp³-hybridized carbons (Fsp3) is 0.467. The Hall–Kier alpha value is -1.66. The van der Waals surface area contributed by atoms with E-state index in [0.717, 1.165) is 0 Å². The number of thiophene rings is 1. The van der Waals surface area contributed by atoms with Crippen molar-refractivity contribution in [2.24, 2.45) is 11.7 Å². The van der Waals surface area contributed by atoms with Crippen molar-refractivity contribution in [2.45, 2.75) is 24.9 Å². The minimum Gasteiger partial charge on any atom is -0.467 e. The zero-order valence-electron chi connectivity index (χ0n) is 11.8. The van der Waals surface area contributed by atoms with Crippen LogP contribution in [-0.2, 0) is 20.7 Å². The molecule has 1 saturated heterocycles. The molecule has 3 atom stereocenters. The van der Waals surface area contributed by atoms with E-state index < -0.39 is 6.04 Å². The zero-order chi connectivity index (χ0) is 15.0. The molecule has 6 heteroatoms. The summed E-state index contributed by atoms with van der Waals surface area (Å²) >= 11 is 1.68. The SMILES string of the molecule is COC(=O)[C@@H]1C[C@H](N)CN1C(=O)C1C=Cc2sccc2C1. The number of esters is 1. The number of ether oxygens (including phenoxy) is 1. The van der Waals surface area contributed by atoms with Crippen LogP contribution in [0.25, 0.3) is 6.08 Å². The van der Waals surface area contributed by atoms with E-state index in [1.54, 1.807) is 16.2 Å². The number of nitrogens with zero attached hydrogens (tertiary/aromatic N) is 1. The molecule has 1 unspecified atom stereocenters. The number of carbonyl (C=O) groups is 2. The van der Waals surface area contributed by atoms with Crippen LogP contribution in [0.5, 0.6) is 0 Å². The molecule has 5 nitrogen and oxygen atoms in total. The van der Waals surface area contributed by atoms with Crippen LogP contribution in [0.2, 0.25) is 0 Å². The summed E-state index contributed by atoms with van der Waals surface area (Å²) in [5.41, 5.74) is 7.11. The van der Waals surface area contributed by atoms with Crippen molar-refractivity contribution in [3.05, 3.63) is 28.0 Å². The standard InChI is InChI=1S/C15H18N2O3S/c1-20-15(19)12-7-11(16)8-17(12)14(18)10-2-3-13-9(6-10)4-5-21-13/h2-5,10-12H,6-8,16H2,1H3/t10?,11-,12-/m0/s1. The minimum atomic E-state index is -0.547. The van der Waals surface area contributed by atoms with Gasteiger partial charge in [-0.2, -0.15) is 0 Å². The molecule has 2 N–H and O–H groups in total. The average molecular weight is 306 g/mol.